The first-order valence-electron chi connectivity index (χ1n) is 13.3. The standard InChI is InChI=1S/C31H33FN4O2/c32-27-11-9-25(10-12-27)29-8-2-1-6-26(29)20-24-13-18-34(19-14-24)16-5-17-36-30(37)22-35(23-31(36)38)21-28-7-3-4-15-33-28/h1-4,6-12,15,20H,5,13-14,16-19,21-23H2. The number of likely N-dealkylation sites (tertiary alicyclic amines) is 1. The molecule has 0 spiro atoms. The van der Waals surface area contributed by atoms with Gasteiger partial charge in [0.25, 0.3) is 0 Å². The van der Waals surface area contributed by atoms with Gasteiger partial charge in [-0.15, -0.1) is 0 Å². The van der Waals surface area contributed by atoms with E-state index >= 15 is 0 Å². The molecule has 2 amide bonds. The highest BCUT2D eigenvalue weighted by molar-refractivity contribution is 5.99. The first-order chi connectivity index (χ1) is 18.5. The summed E-state index contributed by atoms with van der Waals surface area (Å²) in [4.78, 5) is 35.3. The van der Waals surface area contributed by atoms with Crippen molar-refractivity contribution in [3.05, 3.63) is 95.6 Å². The number of pyridine rings is 1. The summed E-state index contributed by atoms with van der Waals surface area (Å²) in [5, 5.41) is 0. The van der Waals surface area contributed by atoms with Gasteiger partial charge in [-0.05, 0) is 66.8 Å². The summed E-state index contributed by atoms with van der Waals surface area (Å²) in [5.74, 6) is -0.477. The number of imide groups is 1. The topological polar surface area (TPSA) is 56.8 Å². The van der Waals surface area contributed by atoms with E-state index in [1.54, 1.807) is 6.20 Å². The van der Waals surface area contributed by atoms with Crippen molar-refractivity contribution in [2.45, 2.75) is 25.8 Å². The van der Waals surface area contributed by atoms with Gasteiger partial charge in [-0.2, -0.15) is 0 Å². The predicted molar refractivity (Wildman–Crippen MR) is 146 cm³/mol. The third-order valence-corrected chi connectivity index (χ3v) is 7.26. The number of aromatic nitrogens is 1. The van der Waals surface area contributed by atoms with Crippen molar-refractivity contribution in [3.63, 3.8) is 0 Å². The second kappa shape index (κ2) is 12.2. The number of nitrogens with zero attached hydrogens (tertiary/aromatic N) is 4. The average molecular weight is 513 g/mol. The van der Waals surface area contributed by atoms with Crippen LogP contribution in [0, 0.1) is 5.82 Å². The van der Waals surface area contributed by atoms with E-state index in [2.05, 4.69) is 28.1 Å². The number of hydrogen-bond donors (Lipinski definition) is 0. The first kappa shape index (κ1) is 25.9. The predicted octanol–water partition coefficient (Wildman–Crippen LogP) is 4.63. The lowest BCUT2D eigenvalue weighted by Crippen LogP contribution is -2.54. The maximum Gasteiger partial charge on any atom is 0.243 e. The molecule has 0 aliphatic carbocycles. The van der Waals surface area contributed by atoms with Crippen LogP contribution in [0.2, 0.25) is 0 Å². The number of benzene rings is 2. The van der Waals surface area contributed by atoms with E-state index in [0.29, 0.717) is 13.1 Å². The molecule has 5 rings (SSSR count). The Hall–Kier alpha value is -3.68. The minimum absolute atomic E-state index is 0.124. The summed E-state index contributed by atoms with van der Waals surface area (Å²) in [6.07, 6.45) is 6.76. The van der Waals surface area contributed by atoms with Gasteiger partial charge in [0.2, 0.25) is 11.8 Å². The van der Waals surface area contributed by atoms with E-state index < -0.39 is 0 Å². The molecule has 0 N–H and O–H groups in total. The van der Waals surface area contributed by atoms with Crippen molar-refractivity contribution in [1.82, 2.24) is 19.7 Å². The van der Waals surface area contributed by atoms with E-state index in [1.807, 2.05) is 47.4 Å². The minimum atomic E-state index is -0.228. The van der Waals surface area contributed by atoms with Gasteiger partial charge in [-0.25, -0.2) is 4.39 Å². The molecule has 0 radical (unpaired) electrons. The number of hydrogen-bond acceptors (Lipinski definition) is 5. The molecule has 38 heavy (non-hydrogen) atoms. The van der Waals surface area contributed by atoms with Crippen LogP contribution in [-0.4, -0.2) is 70.8 Å². The van der Waals surface area contributed by atoms with Gasteiger partial charge in [0.05, 0.1) is 18.8 Å². The normalized spacial score (nSPS) is 17.2. The molecule has 2 aliphatic rings. The summed E-state index contributed by atoms with van der Waals surface area (Å²) in [6, 6.07) is 20.6. The van der Waals surface area contributed by atoms with Gasteiger partial charge >= 0.3 is 0 Å². The maximum atomic E-state index is 13.4. The molecular formula is C31H33FN4O2. The van der Waals surface area contributed by atoms with Crippen molar-refractivity contribution >= 4 is 17.9 Å². The highest BCUT2D eigenvalue weighted by Gasteiger charge is 2.30. The molecule has 0 saturated carbocycles. The lowest BCUT2D eigenvalue weighted by Gasteiger charge is -2.33. The Labute approximate surface area is 223 Å². The lowest BCUT2D eigenvalue weighted by atomic mass is 9.95. The molecule has 2 aromatic carbocycles. The molecule has 1 aromatic heterocycles. The summed E-state index contributed by atoms with van der Waals surface area (Å²) in [5.41, 5.74) is 5.54. The molecule has 0 atom stereocenters. The second-order valence-electron chi connectivity index (χ2n) is 10.00. The monoisotopic (exact) mass is 512 g/mol. The van der Waals surface area contributed by atoms with Crippen LogP contribution in [-0.2, 0) is 16.1 Å². The van der Waals surface area contributed by atoms with Gasteiger partial charge < -0.3 is 4.90 Å². The molecular weight excluding hydrogens is 479 g/mol. The van der Waals surface area contributed by atoms with Crippen LogP contribution in [0.5, 0.6) is 0 Å². The molecule has 0 bridgehead atoms. The maximum absolute atomic E-state index is 13.4. The lowest BCUT2D eigenvalue weighted by molar-refractivity contribution is -0.151. The third-order valence-electron chi connectivity index (χ3n) is 7.26. The van der Waals surface area contributed by atoms with E-state index in [0.717, 1.165) is 61.3 Å². The molecule has 7 heteroatoms. The average Bonchev–Trinajstić information content (AvgIpc) is 2.93. The zero-order chi connectivity index (χ0) is 26.3. The fourth-order valence-electron chi connectivity index (χ4n) is 5.23. The van der Waals surface area contributed by atoms with Crippen molar-refractivity contribution in [3.8, 4) is 11.1 Å². The van der Waals surface area contributed by atoms with E-state index in [4.69, 9.17) is 0 Å². The molecule has 2 saturated heterocycles. The second-order valence-corrected chi connectivity index (χ2v) is 10.00. The van der Waals surface area contributed by atoms with Crippen LogP contribution in [0.1, 0.15) is 30.5 Å². The largest absolute Gasteiger partial charge is 0.303 e. The van der Waals surface area contributed by atoms with Crippen molar-refractivity contribution in [2.75, 3.05) is 39.3 Å². The van der Waals surface area contributed by atoms with E-state index in [1.165, 1.54) is 22.6 Å². The molecule has 2 aliphatic heterocycles. The smallest absolute Gasteiger partial charge is 0.243 e. The van der Waals surface area contributed by atoms with Crippen LogP contribution in [0.3, 0.4) is 0 Å². The van der Waals surface area contributed by atoms with Gasteiger partial charge in [-0.1, -0.05) is 54.1 Å². The molecule has 0 unspecified atom stereocenters. The van der Waals surface area contributed by atoms with E-state index in [-0.39, 0.29) is 30.7 Å². The first-order valence-corrected chi connectivity index (χ1v) is 13.3. The fourth-order valence-corrected chi connectivity index (χ4v) is 5.23. The van der Waals surface area contributed by atoms with Crippen LogP contribution in [0.25, 0.3) is 17.2 Å². The Morgan fingerprint density at radius 2 is 1.53 bits per heavy atom. The van der Waals surface area contributed by atoms with Crippen LogP contribution >= 0.6 is 0 Å². The van der Waals surface area contributed by atoms with Crippen molar-refractivity contribution in [1.29, 1.82) is 0 Å². The van der Waals surface area contributed by atoms with Crippen molar-refractivity contribution in [2.24, 2.45) is 0 Å². The molecule has 196 valence electrons. The van der Waals surface area contributed by atoms with Crippen LogP contribution in [0.4, 0.5) is 4.39 Å². The molecule has 2 fully saturated rings. The fraction of sp³-hybridized carbons (Fsp3) is 0.323. The van der Waals surface area contributed by atoms with Crippen molar-refractivity contribution < 1.29 is 14.0 Å². The molecule has 3 aromatic rings. The summed E-state index contributed by atoms with van der Waals surface area (Å²) >= 11 is 0. The quantitative estimate of drug-likeness (QED) is 0.412. The van der Waals surface area contributed by atoms with Crippen LogP contribution in [0.15, 0.2) is 78.5 Å². The van der Waals surface area contributed by atoms with E-state index in [9.17, 15) is 14.0 Å². The Kier molecular flexibility index (Phi) is 8.36. The molecule has 3 heterocycles. The highest BCUT2D eigenvalue weighted by atomic mass is 19.1. The number of carbonyl (C=O) groups is 2. The number of piperazine rings is 1. The molecule has 6 nitrogen and oxygen atoms in total. The number of rotatable bonds is 8. The van der Waals surface area contributed by atoms with Crippen LogP contribution < -0.4 is 0 Å². The number of piperidine rings is 1. The third kappa shape index (κ3) is 6.60. The van der Waals surface area contributed by atoms with Gasteiger partial charge in [0.15, 0.2) is 0 Å². The Bertz CT molecular complexity index is 1260. The number of amides is 2. The summed E-state index contributed by atoms with van der Waals surface area (Å²) < 4.78 is 13.4. The summed E-state index contributed by atoms with van der Waals surface area (Å²) in [6.45, 7) is 4.27. The zero-order valence-corrected chi connectivity index (χ0v) is 21.6. The van der Waals surface area contributed by atoms with Gasteiger partial charge in [0.1, 0.15) is 5.82 Å². The Morgan fingerprint density at radius 3 is 2.24 bits per heavy atom. The zero-order valence-electron chi connectivity index (χ0n) is 21.6. The number of halogens is 1. The minimum Gasteiger partial charge on any atom is -0.303 e. The van der Waals surface area contributed by atoms with Gasteiger partial charge in [0, 0.05) is 32.4 Å². The SMILES string of the molecule is O=C1CN(Cc2ccccn2)CC(=O)N1CCCN1CCC(=Cc2ccccc2-c2ccc(F)cc2)CC1. The Balaban J connectivity index is 1.09. The summed E-state index contributed by atoms with van der Waals surface area (Å²) in [7, 11) is 0. The number of carbonyl (C=O) groups excluding carboxylic acids is 2. The Morgan fingerprint density at radius 1 is 0.816 bits per heavy atom. The van der Waals surface area contributed by atoms with Gasteiger partial charge in [-0.3, -0.25) is 24.4 Å². The highest BCUT2D eigenvalue weighted by Crippen LogP contribution is 2.28.